The van der Waals surface area contributed by atoms with Gasteiger partial charge in [-0.1, -0.05) is 26.0 Å². The van der Waals surface area contributed by atoms with Crippen LogP contribution in [0, 0.1) is 0 Å². The Morgan fingerprint density at radius 3 is 2.53 bits per heavy atom. The second-order valence-electron chi connectivity index (χ2n) is 5.42. The maximum Gasteiger partial charge on any atom is 0.122 e. The summed E-state index contributed by atoms with van der Waals surface area (Å²) >= 11 is 0. The lowest BCUT2D eigenvalue weighted by molar-refractivity contribution is 0.305. The standard InChI is InChI=1S/C15H27N3O/c1-11(2)14-7-12(5-6-15(14)19-4)9-18(3)10-13(17)8-16/h5-7,11,13H,8-10,16-17H2,1-4H3. The molecule has 4 N–H and O–H groups in total. The molecule has 0 radical (unpaired) electrons. The minimum Gasteiger partial charge on any atom is -0.496 e. The van der Waals surface area contributed by atoms with E-state index in [1.807, 2.05) is 6.07 Å². The highest BCUT2D eigenvalue weighted by Gasteiger charge is 2.10. The van der Waals surface area contributed by atoms with Crippen LogP contribution in [-0.4, -0.2) is 38.2 Å². The molecule has 0 bridgehead atoms. The zero-order chi connectivity index (χ0) is 14.4. The van der Waals surface area contributed by atoms with Crippen molar-refractivity contribution in [3.05, 3.63) is 29.3 Å². The van der Waals surface area contributed by atoms with Crippen molar-refractivity contribution in [3.8, 4) is 5.75 Å². The molecular formula is C15H27N3O. The Morgan fingerprint density at radius 1 is 1.32 bits per heavy atom. The van der Waals surface area contributed by atoms with Gasteiger partial charge in [0.1, 0.15) is 5.75 Å². The number of nitrogens with two attached hydrogens (primary N) is 2. The molecule has 0 heterocycles. The first-order valence-electron chi connectivity index (χ1n) is 6.79. The monoisotopic (exact) mass is 265 g/mol. The van der Waals surface area contributed by atoms with E-state index in [1.165, 1.54) is 11.1 Å². The molecule has 1 aromatic carbocycles. The van der Waals surface area contributed by atoms with E-state index in [0.717, 1.165) is 18.8 Å². The third kappa shape index (κ3) is 4.82. The van der Waals surface area contributed by atoms with Crippen molar-refractivity contribution in [2.75, 3.05) is 27.2 Å². The lowest BCUT2D eigenvalue weighted by atomic mass is 9.99. The van der Waals surface area contributed by atoms with Gasteiger partial charge in [0.2, 0.25) is 0 Å². The average Bonchev–Trinajstić information content (AvgIpc) is 2.38. The van der Waals surface area contributed by atoms with Gasteiger partial charge < -0.3 is 21.1 Å². The van der Waals surface area contributed by atoms with Crippen LogP contribution in [0.15, 0.2) is 18.2 Å². The SMILES string of the molecule is COc1ccc(CN(C)CC(N)CN)cc1C(C)C. The minimum absolute atomic E-state index is 0.0350. The highest BCUT2D eigenvalue weighted by molar-refractivity contribution is 5.39. The molecule has 0 fully saturated rings. The predicted molar refractivity (Wildman–Crippen MR) is 80.4 cm³/mol. The molecule has 1 aromatic rings. The Bertz CT molecular complexity index is 393. The first-order chi connectivity index (χ1) is 8.97. The molecule has 0 aliphatic carbocycles. The van der Waals surface area contributed by atoms with Crippen molar-refractivity contribution in [1.29, 1.82) is 0 Å². The van der Waals surface area contributed by atoms with E-state index in [1.54, 1.807) is 7.11 Å². The maximum absolute atomic E-state index is 5.86. The Kier molecular flexibility index (Phi) is 6.28. The van der Waals surface area contributed by atoms with Gasteiger partial charge in [-0.2, -0.15) is 0 Å². The molecule has 0 saturated carbocycles. The van der Waals surface area contributed by atoms with Crippen LogP contribution in [-0.2, 0) is 6.54 Å². The number of likely N-dealkylation sites (N-methyl/N-ethyl adjacent to an activating group) is 1. The molecular weight excluding hydrogens is 238 g/mol. The summed E-state index contributed by atoms with van der Waals surface area (Å²) in [5.41, 5.74) is 13.9. The zero-order valence-electron chi connectivity index (χ0n) is 12.5. The fourth-order valence-corrected chi connectivity index (χ4v) is 2.18. The smallest absolute Gasteiger partial charge is 0.122 e. The van der Waals surface area contributed by atoms with E-state index < -0.39 is 0 Å². The van der Waals surface area contributed by atoms with E-state index in [4.69, 9.17) is 16.2 Å². The topological polar surface area (TPSA) is 64.5 Å². The van der Waals surface area contributed by atoms with Gasteiger partial charge in [-0.25, -0.2) is 0 Å². The second kappa shape index (κ2) is 7.48. The number of benzene rings is 1. The summed E-state index contributed by atoms with van der Waals surface area (Å²) in [4.78, 5) is 2.20. The second-order valence-corrected chi connectivity index (χ2v) is 5.42. The Hall–Kier alpha value is -1.10. The molecule has 1 atom stereocenters. The number of hydrogen-bond acceptors (Lipinski definition) is 4. The van der Waals surface area contributed by atoms with Crippen LogP contribution < -0.4 is 16.2 Å². The summed E-state index contributed by atoms with van der Waals surface area (Å²) in [5.74, 6) is 1.41. The number of nitrogens with zero attached hydrogens (tertiary/aromatic N) is 1. The number of methoxy groups -OCH3 is 1. The van der Waals surface area contributed by atoms with Crippen LogP contribution in [0.25, 0.3) is 0 Å². The Labute approximate surface area is 116 Å². The molecule has 1 unspecified atom stereocenters. The summed E-state index contributed by atoms with van der Waals surface area (Å²) in [5, 5.41) is 0. The largest absolute Gasteiger partial charge is 0.496 e. The van der Waals surface area contributed by atoms with Crippen molar-refractivity contribution < 1.29 is 4.74 Å². The fourth-order valence-electron chi connectivity index (χ4n) is 2.18. The molecule has 4 nitrogen and oxygen atoms in total. The summed E-state index contributed by atoms with van der Waals surface area (Å²) in [6.07, 6.45) is 0. The maximum atomic E-state index is 5.86. The summed E-state index contributed by atoms with van der Waals surface area (Å²) in [6.45, 7) is 6.55. The highest BCUT2D eigenvalue weighted by atomic mass is 16.5. The predicted octanol–water partition coefficient (Wildman–Crippen LogP) is 1.54. The third-order valence-electron chi connectivity index (χ3n) is 3.22. The van der Waals surface area contributed by atoms with Gasteiger partial charge in [-0.05, 0) is 30.2 Å². The van der Waals surface area contributed by atoms with Crippen LogP contribution in [0.2, 0.25) is 0 Å². The summed E-state index contributed by atoms with van der Waals surface area (Å²) in [7, 11) is 3.78. The van der Waals surface area contributed by atoms with Crippen LogP contribution >= 0.6 is 0 Å². The van der Waals surface area contributed by atoms with Gasteiger partial charge in [-0.3, -0.25) is 0 Å². The van der Waals surface area contributed by atoms with E-state index in [2.05, 4.69) is 37.9 Å². The summed E-state index contributed by atoms with van der Waals surface area (Å²) < 4.78 is 5.40. The molecule has 108 valence electrons. The van der Waals surface area contributed by atoms with E-state index >= 15 is 0 Å². The van der Waals surface area contributed by atoms with Crippen molar-refractivity contribution in [2.24, 2.45) is 11.5 Å². The third-order valence-corrected chi connectivity index (χ3v) is 3.22. The molecule has 4 heteroatoms. The van der Waals surface area contributed by atoms with Crippen molar-refractivity contribution in [3.63, 3.8) is 0 Å². The number of ether oxygens (including phenoxy) is 1. The molecule has 0 aliphatic heterocycles. The average molecular weight is 265 g/mol. The van der Waals surface area contributed by atoms with E-state index in [0.29, 0.717) is 12.5 Å². The first-order valence-corrected chi connectivity index (χ1v) is 6.79. The molecule has 0 amide bonds. The van der Waals surface area contributed by atoms with Crippen LogP contribution in [0.1, 0.15) is 30.9 Å². The first kappa shape index (κ1) is 16.0. The van der Waals surface area contributed by atoms with Crippen LogP contribution in [0.4, 0.5) is 0 Å². The molecule has 0 aliphatic rings. The van der Waals surface area contributed by atoms with Crippen molar-refractivity contribution in [2.45, 2.75) is 32.4 Å². The lowest BCUT2D eigenvalue weighted by Gasteiger charge is -2.21. The highest BCUT2D eigenvalue weighted by Crippen LogP contribution is 2.27. The zero-order valence-corrected chi connectivity index (χ0v) is 12.5. The number of hydrogen-bond donors (Lipinski definition) is 2. The van der Waals surface area contributed by atoms with E-state index in [-0.39, 0.29) is 6.04 Å². The molecule has 0 spiro atoms. The van der Waals surface area contributed by atoms with Crippen LogP contribution in [0.3, 0.4) is 0 Å². The molecule has 19 heavy (non-hydrogen) atoms. The minimum atomic E-state index is 0.0350. The van der Waals surface area contributed by atoms with Gasteiger partial charge in [0, 0.05) is 25.7 Å². The van der Waals surface area contributed by atoms with Crippen molar-refractivity contribution in [1.82, 2.24) is 4.90 Å². The fraction of sp³-hybridized carbons (Fsp3) is 0.600. The molecule has 1 rings (SSSR count). The molecule has 0 aromatic heterocycles. The van der Waals surface area contributed by atoms with Gasteiger partial charge in [0.05, 0.1) is 7.11 Å². The van der Waals surface area contributed by atoms with Gasteiger partial charge >= 0.3 is 0 Å². The van der Waals surface area contributed by atoms with Gasteiger partial charge in [0.25, 0.3) is 0 Å². The normalized spacial score (nSPS) is 13.1. The number of rotatable bonds is 7. The van der Waals surface area contributed by atoms with E-state index in [9.17, 15) is 0 Å². The van der Waals surface area contributed by atoms with Crippen LogP contribution in [0.5, 0.6) is 5.75 Å². The van der Waals surface area contributed by atoms with Crippen molar-refractivity contribution >= 4 is 0 Å². The molecule has 0 saturated heterocycles. The summed E-state index contributed by atoms with van der Waals surface area (Å²) in [6, 6.07) is 6.40. The van der Waals surface area contributed by atoms with Gasteiger partial charge in [0.15, 0.2) is 0 Å². The van der Waals surface area contributed by atoms with Gasteiger partial charge in [-0.15, -0.1) is 0 Å². The lowest BCUT2D eigenvalue weighted by Crippen LogP contribution is -2.40. The Balaban J connectivity index is 2.76. The quantitative estimate of drug-likeness (QED) is 0.785. The Morgan fingerprint density at radius 2 is 2.00 bits per heavy atom.